The Morgan fingerprint density at radius 1 is 1.09 bits per heavy atom. The first-order chi connectivity index (χ1) is 11.1. The van der Waals surface area contributed by atoms with E-state index < -0.39 is 17.2 Å². The number of aromatic nitrogens is 3. The highest BCUT2D eigenvalue weighted by atomic mass is 16.2. The molecular formula is C16H14N4O3. The first-order valence-corrected chi connectivity index (χ1v) is 7.46. The summed E-state index contributed by atoms with van der Waals surface area (Å²) in [6, 6.07) is 5.38. The Kier molecular flexibility index (Phi) is 3.00. The van der Waals surface area contributed by atoms with Crippen LogP contribution in [0.25, 0.3) is 0 Å². The molecule has 2 aliphatic rings. The Morgan fingerprint density at radius 3 is 2.74 bits per heavy atom. The Labute approximate surface area is 130 Å². The summed E-state index contributed by atoms with van der Waals surface area (Å²) in [6.45, 7) is 0. The number of ketones is 1. The summed E-state index contributed by atoms with van der Waals surface area (Å²) in [5.74, 6) is -0.190. The first-order valence-electron chi connectivity index (χ1n) is 7.46. The average molecular weight is 310 g/mol. The van der Waals surface area contributed by atoms with E-state index in [1.807, 2.05) is 6.07 Å². The summed E-state index contributed by atoms with van der Waals surface area (Å²) < 4.78 is 0. The van der Waals surface area contributed by atoms with Gasteiger partial charge in [-0.05, 0) is 25.0 Å². The molecule has 0 bridgehead atoms. The van der Waals surface area contributed by atoms with Crippen molar-refractivity contribution in [1.82, 2.24) is 15.0 Å². The molecule has 1 atom stereocenters. The van der Waals surface area contributed by atoms with Crippen molar-refractivity contribution >= 4 is 11.6 Å². The van der Waals surface area contributed by atoms with Gasteiger partial charge in [0.05, 0.1) is 17.2 Å². The molecule has 0 saturated carbocycles. The molecule has 1 unspecified atom stereocenters. The van der Waals surface area contributed by atoms with Crippen molar-refractivity contribution in [1.29, 1.82) is 0 Å². The molecule has 2 aromatic rings. The Morgan fingerprint density at radius 2 is 1.96 bits per heavy atom. The SMILES string of the molecule is O=C1CCCC2=C1C(c1ccccn1)c1c([nH]c(=O)[nH]c1=O)N2. The van der Waals surface area contributed by atoms with Crippen LogP contribution < -0.4 is 16.6 Å². The van der Waals surface area contributed by atoms with Crippen LogP contribution >= 0.6 is 0 Å². The van der Waals surface area contributed by atoms with Crippen LogP contribution in [0.5, 0.6) is 0 Å². The van der Waals surface area contributed by atoms with Gasteiger partial charge >= 0.3 is 5.69 Å². The lowest BCUT2D eigenvalue weighted by atomic mass is 9.78. The van der Waals surface area contributed by atoms with E-state index in [1.54, 1.807) is 18.3 Å². The molecule has 0 saturated heterocycles. The second kappa shape index (κ2) is 5.05. The van der Waals surface area contributed by atoms with Gasteiger partial charge in [0.1, 0.15) is 5.82 Å². The molecule has 0 spiro atoms. The molecule has 2 aromatic heterocycles. The molecule has 116 valence electrons. The third kappa shape index (κ3) is 2.12. The Hall–Kier alpha value is -2.96. The van der Waals surface area contributed by atoms with Gasteiger partial charge in [0.15, 0.2) is 5.78 Å². The number of hydrogen-bond acceptors (Lipinski definition) is 5. The largest absolute Gasteiger partial charge is 0.344 e. The van der Waals surface area contributed by atoms with E-state index in [9.17, 15) is 14.4 Å². The van der Waals surface area contributed by atoms with Crippen molar-refractivity contribution in [2.75, 3.05) is 5.32 Å². The Balaban J connectivity index is 2.03. The van der Waals surface area contributed by atoms with Crippen LogP contribution in [0.1, 0.15) is 36.4 Å². The minimum atomic E-state index is -0.577. The second-order valence-corrected chi connectivity index (χ2v) is 5.68. The van der Waals surface area contributed by atoms with Gasteiger partial charge in [0.25, 0.3) is 5.56 Å². The molecule has 7 nitrogen and oxygen atoms in total. The molecule has 4 rings (SSSR count). The summed E-state index contributed by atoms with van der Waals surface area (Å²) in [5.41, 5.74) is 1.22. The average Bonchev–Trinajstić information content (AvgIpc) is 2.54. The maximum Gasteiger partial charge on any atom is 0.327 e. The van der Waals surface area contributed by atoms with E-state index in [0.29, 0.717) is 35.5 Å². The summed E-state index contributed by atoms with van der Waals surface area (Å²) >= 11 is 0. The molecule has 7 heteroatoms. The zero-order chi connectivity index (χ0) is 16.0. The third-order valence-corrected chi connectivity index (χ3v) is 4.27. The van der Waals surface area contributed by atoms with E-state index in [1.165, 1.54) is 0 Å². The quantitative estimate of drug-likeness (QED) is 0.729. The number of Topliss-reactive ketones (excluding diaryl/α,β-unsaturated/α-hetero) is 1. The molecule has 3 heterocycles. The fourth-order valence-electron chi connectivity index (χ4n) is 3.34. The van der Waals surface area contributed by atoms with Gasteiger partial charge < -0.3 is 5.32 Å². The van der Waals surface area contributed by atoms with E-state index in [2.05, 4.69) is 20.3 Å². The molecule has 3 N–H and O–H groups in total. The monoisotopic (exact) mass is 310 g/mol. The molecule has 0 fully saturated rings. The van der Waals surface area contributed by atoms with Crippen LogP contribution in [0.15, 0.2) is 45.3 Å². The van der Waals surface area contributed by atoms with Gasteiger partial charge in [-0.25, -0.2) is 4.79 Å². The number of pyridine rings is 1. The highest BCUT2D eigenvalue weighted by Crippen LogP contribution is 2.41. The molecular weight excluding hydrogens is 296 g/mol. The number of allylic oxidation sites excluding steroid dienone is 2. The Bertz CT molecular complexity index is 940. The molecule has 0 aromatic carbocycles. The van der Waals surface area contributed by atoms with Gasteiger partial charge in [-0.15, -0.1) is 0 Å². The maximum absolute atomic E-state index is 12.5. The summed E-state index contributed by atoms with van der Waals surface area (Å²) in [5, 5.41) is 3.07. The third-order valence-electron chi connectivity index (χ3n) is 4.27. The minimum Gasteiger partial charge on any atom is -0.344 e. The van der Waals surface area contributed by atoms with Gasteiger partial charge in [0.2, 0.25) is 0 Å². The molecule has 1 aliphatic heterocycles. The van der Waals surface area contributed by atoms with Crippen LogP contribution in [-0.4, -0.2) is 20.7 Å². The van der Waals surface area contributed by atoms with Crippen molar-refractivity contribution in [3.05, 3.63) is 67.8 Å². The highest BCUT2D eigenvalue weighted by molar-refractivity contribution is 6.00. The van der Waals surface area contributed by atoms with Crippen LogP contribution in [0, 0.1) is 0 Å². The first kappa shape index (κ1) is 13.7. The molecule has 23 heavy (non-hydrogen) atoms. The van der Waals surface area contributed by atoms with Crippen LogP contribution in [0.4, 0.5) is 5.82 Å². The standard InChI is InChI=1S/C16H14N4O3/c21-10-6-3-5-9-11(10)12(8-4-1-2-7-17-8)13-14(18-9)19-16(23)20-15(13)22/h1-2,4,7,12H,3,5-6H2,(H3,18,19,20,22,23). The van der Waals surface area contributed by atoms with E-state index in [-0.39, 0.29) is 5.78 Å². The summed E-state index contributed by atoms with van der Waals surface area (Å²) in [6.07, 6.45) is 3.55. The van der Waals surface area contributed by atoms with Gasteiger partial charge in [0, 0.05) is 23.9 Å². The number of hydrogen-bond donors (Lipinski definition) is 3. The normalized spacial score (nSPS) is 19.8. The fourth-order valence-corrected chi connectivity index (χ4v) is 3.34. The summed E-state index contributed by atoms with van der Waals surface area (Å²) in [7, 11) is 0. The number of aromatic amines is 2. The number of nitrogens with one attached hydrogen (secondary N) is 3. The van der Waals surface area contributed by atoms with Crippen LogP contribution in [0.3, 0.4) is 0 Å². The smallest absolute Gasteiger partial charge is 0.327 e. The van der Waals surface area contributed by atoms with Crippen molar-refractivity contribution < 1.29 is 4.79 Å². The zero-order valence-electron chi connectivity index (χ0n) is 12.2. The van der Waals surface area contributed by atoms with Crippen molar-refractivity contribution in [3.63, 3.8) is 0 Å². The molecule has 0 radical (unpaired) electrons. The lowest BCUT2D eigenvalue weighted by Gasteiger charge is -2.32. The lowest BCUT2D eigenvalue weighted by molar-refractivity contribution is -0.116. The fraction of sp³-hybridized carbons (Fsp3) is 0.250. The highest BCUT2D eigenvalue weighted by Gasteiger charge is 2.37. The maximum atomic E-state index is 12.5. The predicted octanol–water partition coefficient (Wildman–Crippen LogP) is 1.02. The minimum absolute atomic E-state index is 0.0191. The number of anilines is 1. The van der Waals surface area contributed by atoms with Crippen molar-refractivity contribution in [2.24, 2.45) is 0 Å². The van der Waals surface area contributed by atoms with E-state index in [4.69, 9.17) is 0 Å². The number of H-pyrrole nitrogens is 2. The number of carbonyl (C=O) groups excluding carboxylic acids is 1. The number of carbonyl (C=O) groups is 1. The number of nitrogens with zero attached hydrogens (tertiary/aromatic N) is 1. The van der Waals surface area contributed by atoms with Gasteiger partial charge in [-0.3, -0.25) is 24.5 Å². The zero-order valence-corrected chi connectivity index (χ0v) is 12.2. The number of rotatable bonds is 1. The van der Waals surface area contributed by atoms with Crippen molar-refractivity contribution in [3.8, 4) is 0 Å². The molecule has 0 amide bonds. The van der Waals surface area contributed by atoms with Crippen LogP contribution in [0.2, 0.25) is 0 Å². The van der Waals surface area contributed by atoms with Gasteiger partial charge in [-0.1, -0.05) is 6.07 Å². The number of fused-ring (bicyclic) bond motifs is 1. The summed E-state index contributed by atoms with van der Waals surface area (Å²) in [4.78, 5) is 45.6. The topological polar surface area (TPSA) is 108 Å². The predicted molar refractivity (Wildman–Crippen MR) is 83.3 cm³/mol. The van der Waals surface area contributed by atoms with Gasteiger partial charge in [-0.2, -0.15) is 0 Å². The second-order valence-electron chi connectivity index (χ2n) is 5.68. The molecule has 1 aliphatic carbocycles. The lowest BCUT2D eigenvalue weighted by Crippen LogP contribution is -2.36. The van der Waals surface area contributed by atoms with E-state index >= 15 is 0 Å². The van der Waals surface area contributed by atoms with Crippen molar-refractivity contribution in [2.45, 2.75) is 25.2 Å². The van der Waals surface area contributed by atoms with E-state index in [0.717, 1.165) is 12.1 Å². The van der Waals surface area contributed by atoms with Crippen LogP contribution in [-0.2, 0) is 4.79 Å².